The molecule has 0 spiro atoms. The zero-order chi connectivity index (χ0) is 40.9. The predicted octanol–water partition coefficient (Wildman–Crippen LogP) is 9.34. The molecule has 0 aliphatic carbocycles. The van der Waals surface area contributed by atoms with E-state index in [1.807, 2.05) is 0 Å². The Morgan fingerprint density at radius 1 is 0.188 bits per heavy atom. The maximum Gasteiger partial charge on any atom is 0.0966 e. The summed E-state index contributed by atoms with van der Waals surface area (Å²) in [5.41, 5.74) is 0. The van der Waals surface area contributed by atoms with Gasteiger partial charge >= 0.3 is 0 Å². The van der Waals surface area contributed by atoms with Gasteiger partial charge in [-0.15, -0.1) is 0 Å². The minimum atomic E-state index is -0.714. The van der Waals surface area contributed by atoms with Crippen LogP contribution in [0.15, 0.2) is 243 Å². The van der Waals surface area contributed by atoms with Crippen molar-refractivity contribution >= 4 is 74.1 Å². The Bertz CT molecular complexity index is 1840. The van der Waals surface area contributed by atoms with Gasteiger partial charge < -0.3 is 11.0 Å². The smallest absolute Gasteiger partial charge is 0.0966 e. The Labute approximate surface area is 416 Å². The largest absolute Gasteiger partial charge is 0.412 e. The van der Waals surface area contributed by atoms with E-state index < -0.39 is 31.7 Å². The fourth-order valence-corrected chi connectivity index (χ4v) is 19.0. The van der Waals surface area contributed by atoms with Crippen LogP contribution in [-0.4, -0.2) is 35.6 Å². The molecule has 8 aromatic carbocycles. The van der Waals surface area contributed by atoms with Crippen molar-refractivity contribution in [3.05, 3.63) is 243 Å². The number of hydrogen-bond acceptors (Lipinski definition) is 0. The van der Waals surface area contributed by atoms with Crippen molar-refractivity contribution in [1.29, 1.82) is 0 Å². The van der Waals surface area contributed by atoms with E-state index in [2.05, 4.69) is 243 Å². The average Bonchev–Trinajstić information content (AvgIpc) is 3.34. The van der Waals surface area contributed by atoms with Crippen molar-refractivity contribution in [3.8, 4) is 0 Å². The van der Waals surface area contributed by atoms with Crippen LogP contribution in [0.5, 0.6) is 0 Å². The number of benzene rings is 8. The van der Waals surface area contributed by atoms with E-state index >= 15 is 0 Å². The van der Waals surface area contributed by atoms with Gasteiger partial charge in [0.15, 0.2) is 0 Å². The monoisotopic (exact) mass is 1280 g/mol. The van der Waals surface area contributed by atoms with Crippen LogP contribution in [0, 0.1) is 0 Å². The third-order valence-electron chi connectivity index (χ3n) is 11.2. The van der Waals surface area contributed by atoms with Crippen molar-refractivity contribution in [1.82, 2.24) is 0 Å². The molecule has 4 N–H and O–H groups in total. The van der Waals surface area contributed by atoms with Gasteiger partial charge in [0.2, 0.25) is 0 Å². The SMILES string of the molecule is O.O.[Pt].[Pt].c1ccc([PH+](CCCC[PH+](c2ccccc2)c2ccccc2)c2ccccc2)cc1.c1ccc([PH+](CCCC[PH+](c2ccccc2)c2ccccc2)c2ccccc2)cc1. The maximum absolute atomic E-state index is 2.32. The molecule has 0 atom stereocenters. The first-order valence-corrected chi connectivity index (χ1v) is 28.5. The average molecular weight is 1280 g/mol. The summed E-state index contributed by atoms with van der Waals surface area (Å²) in [5.74, 6) is 0. The summed E-state index contributed by atoms with van der Waals surface area (Å²) in [5, 5.41) is 12.3. The Balaban J connectivity index is 0.000000320. The van der Waals surface area contributed by atoms with E-state index in [1.54, 1.807) is 0 Å². The van der Waals surface area contributed by atoms with Gasteiger partial charge in [-0.25, -0.2) is 0 Å². The van der Waals surface area contributed by atoms with Crippen molar-refractivity contribution in [3.63, 3.8) is 0 Å². The number of unbranched alkanes of at least 4 members (excludes halogenated alkanes) is 2. The van der Waals surface area contributed by atoms with Gasteiger partial charge in [-0.3, -0.25) is 0 Å². The standard InChI is InChI=1S/2C28H28P2.2H2O.2Pt/c2*1-5-15-25(16-6-1)29(26-17-7-2-8-18-26)23-13-14-24-30(27-19-9-3-10-20-27)28-21-11-4-12-22-28;;;;/h2*1-12,15-22H,13-14,23-24H2;2*1H2;;/p+4. The van der Waals surface area contributed by atoms with Gasteiger partial charge in [-0.2, -0.15) is 0 Å². The molecule has 0 bridgehead atoms. The Hall–Kier alpha value is -3.22. The van der Waals surface area contributed by atoms with Gasteiger partial charge in [0.05, 0.1) is 98.8 Å². The molecule has 2 nitrogen and oxygen atoms in total. The van der Waals surface area contributed by atoms with E-state index in [0.717, 1.165) is 0 Å². The molecular formula is C56H64O2P4Pt2+4. The third kappa shape index (κ3) is 17.2. The molecule has 0 radical (unpaired) electrons. The molecule has 64 heavy (non-hydrogen) atoms. The fourth-order valence-electron chi connectivity index (χ4n) is 8.14. The fraction of sp³-hybridized carbons (Fsp3) is 0.143. The Morgan fingerprint density at radius 3 is 0.406 bits per heavy atom. The van der Waals surface area contributed by atoms with E-state index in [-0.39, 0.29) is 53.1 Å². The summed E-state index contributed by atoms with van der Waals surface area (Å²) in [6.07, 6.45) is 10.4. The summed E-state index contributed by atoms with van der Waals surface area (Å²) >= 11 is 0. The first-order chi connectivity index (χ1) is 29.8. The summed E-state index contributed by atoms with van der Waals surface area (Å²) in [6.45, 7) is 0. The van der Waals surface area contributed by atoms with Gasteiger partial charge in [0.25, 0.3) is 0 Å². The van der Waals surface area contributed by atoms with E-state index in [1.165, 1.54) is 92.8 Å². The zero-order valence-electron chi connectivity index (χ0n) is 36.4. The van der Waals surface area contributed by atoms with Gasteiger partial charge in [0.1, 0.15) is 0 Å². The van der Waals surface area contributed by atoms with Gasteiger partial charge in [0, 0.05) is 42.1 Å². The molecule has 0 fully saturated rings. The van der Waals surface area contributed by atoms with Crippen LogP contribution >= 0.6 is 31.7 Å². The van der Waals surface area contributed by atoms with E-state index in [0.29, 0.717) is 0 Å². The molecule has 8 heteroatoms. The van der Waals surface area contributed by atoms with Crippen LogP contribution in [0.4, 0.5) is 0 Å². The van der Waals surface area contributed by atoms with E-state index in [9.17, 15) is 0 Å². The molecule has 0 heterocycles. The van der Waals surface area contributed by atoms with Crippen molar-refractivity contribution in [2.75, 3.05) is 24.6 Å². The Morgan fingerprint density at radius 2 is 0.297 bits per heavy atom. The molecule has 0 aliphatic heterocycles. The normalized spacial score (nSPS) is 10.4. The maximum atomic E-state index is 2.32. The molecule has 8 rings (SSSR count). The Kier molecular flexibility index (Phi) is 27.3. The van der Waals surface area contributed by atoms with Crippen LogP contribution in [-0.2, 0) is 42.1 Å². The van der Waals surface area contributed by atoms with Crippen LogP contribution in [0.3, 0.4) is 0 Å². The molecule has 8 aromatic rings. The van der Waals surface area contributed by atoms with Gasteiger partial charge in [-0.05, 0) is 123 Å². The molecule has 0 saturated heterocycles. The quantitative estimate of drug-likeness (QED) is 0.0608. The topological polar surface area (TPSA) is 63.0 Å². The molecule has 336 valence electrons. The third-order valence-corrected chi connectivity index (χ3v) is 22.8. The molecule has 0 aromatic heterocycles. The summed E-state index contributed by atoms with van der Waals surface area (Å²) in [4.78, 5) is 0. The summed E-state index contributed by atoms with van der Waals surface area (Å²) in [7, 11) is -2.86. The minimum Gasteiger partial charge on any atom is -0.412 e. The minimum absolute atomic E-state index is 0. The second-order valence-corrected chi connectivity index (χ2v) is 25.7. The molecule has 0 amide bonds. The van der Waals surface area contributed by atoms with Crippen LogP contribution in [0.25, 0.3) is 0 Å². The number of rotatable bonds is 18. The van der Waals surface area contributed by atoms with Crippen molar-refractivity contribution in [2.45, 2.75) is 25.7 Å². The molecule has 0 saturated carbocycles. The van der Waals surface area contributed by atoms with Crippen molar-refractivity contribution < 1.29 is 53.1 Å². The van der Waals surface area contributed by atoms with Crippen molar-refractivity contribution in [2.24, 2.45) is 0 Å². The molecule has 0 aliphatic rings. The summed E-state index contributed by atoms with van der Waals surface area (Å²) in [6, 6.07) is 89.2. The van der Waals surface area contributed by atoms with Crippen LogP contribution in [0.2, 0.25) is 0 Å². The molecule has 0 unspecified atom stereocenters. The second-order valence-electron chi connectivity index (χ2n) is 15.3. The molecular weight excluding hydrogens is 1220 g/mol. The first kappa shape index (κ1) is 55.1. The predicted molar refractivity (Wildman–Crippen MR) is 287 cm³/mol. The number of hydrogen-bond donors (Lipinski definition) is 0. The first-order valence-electron chi connectivity index (χ1n) is 21.7. The zero-order valence-corrected chi connectivity index (χ0v) is 44.9. The van der Waals surface area contributed by atoms with Crippen LogP contribution in [0.1, 0.15) is 25.7 Å². The second kappa shape index (κ2) is 31.6. The van der Waals surface area contributed by atoms with Crippen LogP contribution < -0.4 is 42.4 Å². The summed E-state index contributed by atoms with van der Waals surface area (Å²) < 4.78 is 0. The van der Waals surface area contributed by atoms with Gasteiger partial charge in [-0.1, -0.05) is 146 Å². The van der Waals surface area contributed by atoms with E-state index in [4.69, 9.17) is 0 Å².